The fraction of sp³-hybridized carbons (Fsp3) is 0.0303. The van der Waals surface area contributed by atoms with Crippen molar-refractivity contribution in [3.8, 4) is 28.1 Å². The zero-order chi connectivity index (χ0) is 26.6. The van der Waals surface area contributed by atoms with Gasteiger partial charge in [-0.15, -0.1) is 0 Å². The molecule has 6 heteroatoms. The maximum atomic E-state index is 13.4. The van der Waals surface area contributed by atoms with Gasteiger partial charge in [0.2, 0.25) is 0 Å². The molecule has 1 amide bonds. The van der Waals surface area contributed by atoms with Gasteiger partial charge in [0.05, 0.1) is 28.8 Å². The quantitative estimate of drug-likeness (QED) is 0.197. The van der Waals surface area contributed by atoms with Crippen LogP contribution in [0.1, 0.15) is 22.8 Å². The average Bonchev–Trinajstić information content (AvgIpc) is 3.55. The maximum Gasteiger partial charge on any atom is 0.272 e. The second-order valence-electron chi connectivity index (χ2n) is 9.17. The number of rotatable bonds is 6. The molecule has 0 saturated heterocycles. The second-order valence-corrected chi connectivity index (χ2v) is 9.17. The molecule has 0 unspecified atom stereocenters. The Morgan fingerprint density at radius 2 is 1.49 bits per heavy atom. The number of para-hydroxylation sites is 1. The number of hydrazone groups is 1. The number of pyridine rings is 1. The predicted molar refractivity (Wildman–Crippen MR) is 156 cm³/mol. The van der Waals surface area contributed by atoms with Crippen molar-refractivity contribution in [1.29, 1.82) is 0 Å². The van der Waals surface area contributed by atoms with Crippen LogP contribution in [-0.4, -0.2) is 26.2 Å². The highest BCUT2D eigenvalue weighted by molar-refractivity contribution is 6.08. The summed E-state index contributed by atoms with van der Waals surface area (Å²) in [5.74, 6) is -0.287. The Morgan fingerprint density at radius 1 is 0.795 bits per heavy atom. The maximum absolute atomic E-state index is 13.4. The summed E-state index contributed by atoms with van der Waals surface area (Å²) in [6.45, 7) is 1.87. The van der Waals surface area contributed by atoms with Crippen molar-refractivity contribution in [2.45, 2.75) is 6.92 Å². The monoisotopic (exact) mass is 507 g/mol. The largest absolute Gasteiger partial charge is 0.306 e. The molecule has 0 atom stereocenters. The summed E-state index contributed by atoms with van der Waals surface area (Å²) in [5.41, 5.74) is 10.6. The van der Waals surface area contributed by atoms with Gasteiger partial charge in [0.15, 0.2) is 0 Å². The van der Waals surface area contributed by atoms with Crippen LogP contribution in [0.3, 0.4) is 0 Å². The number of hydrogen-bond donors (Lipinski definition) is 1. The fourth-order valence-electron chi connectivity index (χ4n) is 4.52. The van der Waals surface area contributed by atoms with Crippen LogP contribution in [0, 0.1) is 0 Å². The first kappa shape index (κ1) is 24.0. The Hall–Kier alpha value is -5.36. The van der Waals surface area contributed by atoms with Crippen LogP contribution in [0.25, 0.3) is 39.0 Å². The molecule has 6 aromatic rings. The summed E-state index contributed by atoms with van der Waals surface area (Å²) < 4.78 is 1.93. The Kier molecular flexibility index (Phi) is 6.50. The topological polar surface area (TPSA) is 72.2 Å². The molecular weight excluding hydrogens is 482 g/mol. The van der Waals surface area contributed by atoms with Crippen LogP contribution < -0.4 is 5.43 Å². The molecule has 0 saturated carbocycles. The molecule has 0 aliphatic carbocycles. The van der Waals surface area contributed by atoms with E-state index < -0.39 is 0 Å². The third-order valence-electron chi connectivity index (χ3n) is 6.66. The highest BCUT2D eigenvalue weighted by Gasteiger charge is 2.14. The van der Waals surface area contributed by atoms with E-state index in [1.54, 1.807) is 12.5 Å². The lowest BCUT2D eigenvalue weighted by Crippen LogP contribution is -2.20. The molecule has 188 valence electrons. The average molecular weight is 508 g/mol. The Labute approximate surface area is 226 Å². The summed E-state index contributed by atoms with van der Waals surface area (Å²) in [6.07, 6.45) is 5.38. The standard InChI is InChI=1S/C33H25N5O/c1-23(24-15-17-28(18-16-24)38-20-19-34-22-38)36-37-33(39)30-21-32(35-31-10-6-5-9-29(30)31)27-13-11-26(12-14-27)25-7-3-2-4-8-25/h2-22H,1H3,(H,37,39). The van der Waals surface area contributed by atoms with Gasteiger partial charge >= 0.3 is 0 Å². The van der Waals surface area contributed by atoms with Crippen molar-refractivity contribution >= 4 is 22.5 Å². The number of carbonyl (C=O) groups is 1. The van der Waals surface area contributed by atoms with E-state index in [0.717, 1.165) is 44.5 Å². The summed E-state index contributed by atoms with van der Waals surface area (Å²) >= 11 is 0. The summed E-state index contributed by atoms with van der Waals surface area (Å²) in [5, 5.41) is 5.17. The number of benzene rings is 4. The van der Waals surface area contributed by atoms with E-state index in [1.165, 1.54) is 0 Å². The number of nitrogens with zero attached hydrogens (tertiary/aromatic N) is 4. The van der Waals surface area contributed by atoms with Gasteiger partial charge in [0.1, 0.15) is 0 Å². The number of carbonyl (C=O) groups excluding carboxylic acids is 1. The summed E-state index contributed by atoms with van der Waals surface area (Å²) in [4.78, 5) is 22.3. The first-order valence-electron chi connectivity index (χ1n) is 12.6. The zero-order valence-electron chi connectivity index (χ0n) is 21.3. The molecule has 4 aromatic carbocycles. The number of amides is 1. The molecule has 0 spiro atoms. The third kappa shape index (κ3) is 5.08. The van der Waals surface area contributed by atoms with E-state index in [2.05, 4.69) is 39.8 Å². The molecular formula is C33H25N5O. The van der Waals surface area contributed by atoms with E-state index in [4.69, 9.17) is 4.98 Å². The van der Waals surface area contributed by atoms with E-state index in [-0.39, 0.29) is 5.91 Å². The van der Waals surface area contributed by atoms with Gasteiger partial charge in [-0.3, -0.25) is 4.79 Å². The van der Waals surface area contributed by atoms with Crippen LogP contribution in [0.15, 0.2) is 133 Å². The lowest BCUT2D eigenvalue weighted by Gasteiger charge is -2.10. The number of imidazole rings is 1. The van der Waals surface area contributed by atoms with Crippen molar-refractivity contribution in [2.75, 3.05) is 0 Å². The highest BCUT2D eigenvalue weighted by Crippen LogP contribution is 2.27. The minimum atomic E-state index is -0.287. The van der Waals surface area contributed by atoms with Crippen molar-refractivity contribution < 1.29 is 4.79 Å². The van der Waals surface area contributed by atoms with E-state index in [1.807, 2.05) is 103 Å². The molecule has 2 heterocycles. The lowest BCUT2D eigenvalue weighted by molar-refractivity contribution is 0.0956. The molecule has 0 aliphatic rings. The smallest absolute Gasteiger partial charge is 0.272 e. The van der Waals surface area contributed by atoms with Gasteiger partial charge in [-0.1, -0.05) is 84.9 Å². The predicted octanol–water partition coefficient (Wildman–Crippen LogP) is 6.91. The molecule has 0 aliphatic heterocycles. The third-order valence-corrected chi connectivity index (χ3v) is 6.66. The van der Waals surface area contributed by atoms with Gasteiger partial charge in [0, 0.05) is 29.0 Å². The summed E-state index contributed by atoms with van der Waals surface area (Å²) in [6, 6.07) is 35.9. The Balaban J connectivity index is 1.27. The molecule has 6 rings (SSSR count). The number of nitrogens with one attached hydrogen (secondary N) is 1. The second kappa shape index (κ2) is 10.6. The Bertz CT molecular complexity index is 1770. The van der Waals surface area contributed by atoms with Crippen molar-refractivity contribution in [3.05, 3.63) is 139 Å². The zero-order valence-corrected chi connectivity index (χ0v) is 21.3. The molecule has 0 fully saturated rings. The van der Waals surface area contributed by atoms with Crippen molar-refractivity contribution in [3.63, 3.8) is 0 Å². The van der Waals surface area contributed by atoms with E-state index in [0.29, 0.717) is 11.3 Å². The van der Waals surface area contributed by atoms with Gasteiger partial charge in [0.25, 0.3) is 5.91 Å². The molecule has 1 N–H and O–H groups in total. The lowest BCUT2D eigenvalue weighted by atomic mass is 10.0. The summed E-state index contributed by atoms with van der Waals surface area (Å²) in [7, 11) is 0. The highest BCUT2D eigenvalue weighted by atomic mass is 16.2. The number of aromatic nitrogens is 3. The minimum absolute atomic E-state index is 0.287. The van der Waals surface area contributed by atoms with Crippen molar-refractivity contribution in [1.82, 2.24) is 20.0 Å². The molecule has 39 heavy (non-hydrogen) atoms. The van der Waals surface area contributed by atoms with Crippen molar-refractivity contribution in [2.24, 2.45) is 5.10 Å². The van der Waals surface area contributed by atoms with Crippen LogP contribution in [-0.2, 0) is 0 Å². The first-order chi connectivity index (χ1) is 19.2. The number of fused-ring (bicyclic) bond motifs is 1. The van der Waals surface area contributed by atoms with Crippen LogP contribution in [0.2, 0.25) is 0 Å². The van der Waals surface area contributed by atoms with Gasteiger partial charge in [-0.25, -0.2) is 15.4 Å². The van der Waals surface area contributed by atoms with Crippen LogP contribution >= 0.6 is 0 Å². The van der Waals surface area contributed by atoms with Gasteiger partial charge in [-0.05, 0) is 47.9 Å². The van der Waals surface area contributed by atoms with Crippen LogP contribution in [0.4, 0.5) is 0 Å². The molecule has 2 aromatic heterocycles. The molecule has 0 bridgehead atoms. The molecule has 0 radical (unpaired) electrons. The first-order valence-corrected chi connectivity index (χ1v) is 12.6. The SMILES string of the molecule is CC(=NNC(=O)c1cc(-c2ccc(-c3ccccc3)cc2)nc2ccccc12)c1ccc(-n2ccnc2)cc1. The van der Waals surface area contributed by atoms with Crippen LogP contribution in [0.5, 0.6) is 0 Å². The van der Waals surface area contributed by atoms with E-state index in [9.17, 15) is 4.79 Å². The Morgan fingerprint density at radius 3 is 2.23 bits per heavy atom. The number of hydrogen-bond acceptors (Lipinski definition) is 4. The van der Waals surface area contributed by atoms with Gasteiger partial charge in [-0.2, -0.15) is 5.10 Å². The van der Waals surface area contributed by atoms with E-state index >= 15 is 0 Å². The minimum Gasteiger partial charge on any atom is -0.306 e. The molecule has 6 nitrogen and oxygen atoms in total. The fourth-order valence-corrected chi connectivity index (χ4v) is 4.52. The van der Waals surface area contributed by atoms with Gasteiger partial charge < -0.3 is 4.57 Å². The normalized spacial score (nSPS) is 11.5.